The van der Waals surface area contributed by atoms with Gasteiger partial charge < -0.3 is 18.6 Å². The average Bonchev–Trinajstić information content (AvgIpc) is 4.03. The zero-order valence-electron chi connectivity index (χ0n) is 36.2. The van der Waals surface area contributed by atoms with Crippen molar-refractivity contribution in [1.82, 2.24) is 0 Å². The summed E-state index contributed by atoms with van der Waals surface area (Å²) in [6.45, 7) is 10.2. The Morgan fingerprint density at radius 1 is 0.344 bits per heavy atom. The van der Waals surface area contributed by atoms with Crippen molar-refractivity contribution in [3.05, 3.63) is 194 Å². The topological polar surface area (TPSA) is 32.8 Å². The van der Waals surface area contributed by atoms with Gasteiger partial charge >= 0.3 is 0 Å². The quantitative estimate of drug-likeness (QED) is 0.156. The zero-order chi connectivity index (χ0) is 42.9. The molecule has 0 fully saturated rings. The van der Waals surface area contributed by atoms with Crippen molar-refractivity contribution in [1.29, 1.82) is 0 Å². The monoisotopic (exact) mass is 856 g/mol. The Morgan fingerprint density at radius 2 is 0.656 bits per heavy atom. The van der Waals surface area contributed by atoms with Crippen LogP contribution in [-0.4, -0.2) is 16.1 Å². The Balaban J connectivity index is 1.10. The van der Waals surface area contributed by atoms with Crippen LogP contribution in [0.15, 0.2) is 203 Å². The number of anilines is 6. The molecule has 4 nitrogen and oxygen atoms in total. The number of nitrogens with zero attached hydrogens (tertiary/aromatic N) is 2. The largest absolute Gasteiger partial charge is 0.454 e. The van der Waals surface area contributed by atoms with Gasteiger partial charge in [0.25, 0.3) is 0 Å². The fraction of sp³-hybridized carbons (Fsp3) is 0.0690. The summed E-state index contributed by atoms with van der Waals surface area (Å²) < 4.78 is 14.1. The van der Waals surface area contributed by atoms with Crippen LogP contribution in [0.25, 0.3) is 66.1 Å². The summed E-state index contributed by atoms with van der Waals surface area (Å²) in [5.41, 5.74) is 15.6. The third kappa shape index (κ3) is 5.15. The van der Waals surface area contributed by atoms with Gasteiger partial charge in [0, 0.05) is 44.3 Å². The smallest absolute Gasteiger partial charge is 0.160 e. The summed E-state index contributed by atoms with van der Waals surface area (Å²) in [6.07, 6.45) is 0. The molecule has 0 unspecified atom stereocenters. The Bertz CT molecular complexity index is 3350. The summed E-state index contributed by atoms with van der Waals surface area (Å²) in [4.78, 5) is 4.77. The Hall–Kier alpha value is -7.39. The molecule has 0 saturated carbocycles. The van der Waals surface area contributed by atoms with Gasteiger partial charge in [-0.05, 0) is 116 Å². The molecule has 4 heterocycles. The van der Waals surface area contributed by atoms with Crippen LogP contribution in [0.5, 0.6) is 0 Å². The first-order valence-electron chi connectivity index (χ1n) is 22.3. The maximum Gasteiger partial charge on any atom is 0.160 e. The molecule has 0 radical (unpaired) electrons. The molecule has 13 rings (SSSR count). The van der Waals surface area contributed by atoms with Gasteiger partial charge in [0.2, 0.25) is 0 Å². The molecule has 0 amide bonds. The highest BCUT2D eigenvalue weighted by Gasteiger charge is 2.46. The van der Waals surface area contributed by atoms with Gasteiger partial charge in [-0.15, -0.1) is 0 Å². The van der Waals surface area contributed by atoms with Crippen LogP contribution < -0.4 is 30.5 Å². The molecule has 2 aliphatic heterocycles. The van der Waals surface area contributed by atoms with Crippen molar-refractivity contribution < 1.29 is 8.83 Å². The van der Waals surface area contributed by atoms with E-state index in [1.54, 1.807) is 0 Å². The van der Waals surface area contributed by atoms with E-state index in [0.29, 0.717) is 0 Å². The van der Waals surface area contributed by atoms with Gasteiger partial charge in [0.05, 0.1) is 11.4 Å². The minimum atomic E-state index is -2.36. The number of rotatable bonds is 6. The van der Waals surface area contributed by atoms with Crippen LogP contribution in [0.4, 0.5) is 34.1 Å². The van der Waals surface area contributed by atoms with Crippen molar-refractivity contribution in [3.8, 4) is 22.3 Å². The first-order chi connectivity index (χ1) is 31.3. The first kappa shape index (κ1) is 37.2. The van der Waals surface area contributed by atoms with Crippen LogP contribution in [0.2, 0.25) is 26.2 Å². The fourth-order valence-electron chi connectivity index (χ4n) is 11.1. The molecule has 9 aromatic carbocycles. The molecule has 6 heteroatoms. The minimum Gasteiger partial charge on any atom is -0.454 e. The molecule has 0 spiro atoms. The van der Waals surface area contributed by atoms with Crippen LogP contribution in [0.1, 0.15) is 0 Å². The lowest BCUT2D eigenvalue weighted by Crippen LogP contribution is -2.51. The van der Waals surface area contributed by atoms with Crippen LogP contribution in [0, 0.1) is 0 Å². The predicted molar refractivity (Wildman–Crippen MR) is 275 cm³/mol. The van der Waals surface area contributed by atoms with E-state index in [-0.39, 0.29) is 0 Å². The summed E-state index contributed by atoms with van der Waals surface area (Å²) in [6, 6.07) is 70.4. The van der Waals surface area contributed by atoms with Crippen molar-refractivity contribution in [2.24, 2.45) is 0 Å². The normalized spacial score (nSPS) is 14.2. The van der Waals surface area contributed by atoms with Gasteiger partial charge in [-0.25, -0.2) is 0 Å². The number of fused-ring (bicyclic) bond motifs is 14. The lowest BCUT2D eigenvalue weighted by atomic mass is 9.94. The Kier molecular flexibility index (Phi) is 7.88. The molecular weight excluding hydrogens is 813 g/mol. The van der Waals surface area contributed by atoms with E-state index >= 15 is 0 Å². The molecule has 306 valence electrons. The predicted octanol–water partition coefficient (Wildman–Crippen LogP) is 14.0. The first-order valence-corrected chi connectivity index (χ1v) is 28.3. The van der Waals surface area contributed by atoms with Crippen molar-refractivity contribution in [2.75, 3.05) is 9.80 Å². The van der Waals surface area contributed by atoms with E-state index in [9.17, 15) is 0 Å². The number of hydrogen-bond donors (Lipinski definition) is 0. The Labute approximate surface area is 374 Å². The highest BCUT2D eigenvalue weighted by atomic mass is 28.3. The van der Waals surface area contributed by atoms with Gasteiger partial charge in [0.15, 0.2) is 11.2 Å². The van der Waals surface area contributed by atoms with E-state index in [1.165, 1.54) is 53.8 Å². The maximum atomic E-state index is 7.06. The van der Waals surface area contributed by atoms with E-state index in [4.69, 9.17) is 8.83 Å². The lowest BCUT2D eigenvalue weighted by molar-refractivity contribution is 0.669. The van der Waals surface area contributed by atoms with Gasteiger partial charge in [-0.3, -0.25) is 0 Å². The van der Waals surface area contributed by atoms with Gasteiger partial charge in [-0.2, -0.15) is 0 Å². The molecule has 2 aliphatic rings. The van der Waals surface area contributed by atoms with E-state index < -0.39 is 16.1 Å². The molecule has 0 bridgehead atoms. The average molecular weight is 857 g/mol. The highest BCUT2D eigenvalue weighted by molar-refractivity contribution is 7.06. The summed E-state index contributed by atoms with van der Waals surface area (Å²) in [5.74, 6) is 0. The van der Waals surface area contributed by atoms with Crippen LogP contribution in [0.3, 0.4) is 0 Å². The second kappa shape index (κ2) is 13.6. The third-order valence-corrected chi connectivity index (χ3v) is 21.2. The van der Waals surface area contributed by atoms with Crippen molar-refractivity contribution in [2.45, 2.75) is 26.2 Å². The Morgan fingerprint density at radius 3 is 1.00 bits per heavy atom. The summed E-state index contributed by atoms with van der Waals surface area (Å²) in [7, 11) is -4.71. The second-order valence-electron chi connectivity index (χ2n) is 18.4. The molecule has 11 aromatic rings. The molecule has 0 atom stereocenters. The van der Waals surface area contributed by atoms with E-state index in [0.717, 1.165) is 67.2 Å². The fourth-order valence-corrected chi connectivity index (χ4v) is 17.2. The molecule has 64 heavy (non-hydrogen) atoms. The number of hydrogen-bond acceptors (Lipinski definition) is 4. The molecule has 0 saturated heterocycles. The van der Waals surface area contributed by atoms with Gasteiger partial charge in [0.1, 0.15) is 27.3 Å². The van der Waals surface area contributed by atoms with Crippen LogP contribution >= 0.6 is 0 Å². The maximum absolute atomic E-state index is 7.06. The lowest BCUT2D eigenvalue weighted by Gasteiger charge is -2.28. The number of furan rings is 2. The minimum absolute atomic E-state index is 0.910. The van der Waals surface area contributed by atoms with Crippen molar-refractivity contribution in [3.63, 3.8) is 0 Å². The highest BCUT2D eigenvalue weighted by Crippen LogP contribution is 2.50. The zero-order valence-corrected chi connectivity index (χ0v) is 38.2. The standard InChI is InChI=1S/C58H44N2O2Si2/c1-63(2)49-33-44-50(34-43(49)53-51(63)35-45(57-55(53)41-29-17-19-31-47(41)61-57)59(37-21-9-5-10-22-37)38-23-11-6-12-24-38)64(3,4)52-36-46(58-56(54(44)52)42-30-18-20-32-48(42)62-58)60(39-25-13-7-14-26-39)40-27-15-8-16-28-40/h5-36H,1-4H3. The molecule has 0 aliphatic carbocycles. The van der Waals surface area contributed by atoms with E-state index in [2.05, 4.69) is 230 Å². The van der Waals surface area contributed by atoms with Gasteiger partial charge in [-0.1, -0.05) is 148 Å². The SMILES string of the molecule is C[Si]1(C)c2cc3c(cc2-c2c1cc(N(c1ccccc1)c1ccccc1)c1oc4ccccc4c21)[Si](C)(C)c1cc(N(c2ccccc2)c2ccccc2)c2oc4ccccc4c2c1-3. The molecular formula is C58H44N2O2Si2. The van der Waals surface area contributed by atoms with E-state index in [1.807, 2.05) is 0 Å². The number of para-hydroxylation sites is 6. The number of benzene rings is 9. The molecule has 2 aromatic heterocycles. The summed E-state index contributed by atoms with van der Waals surface area (Å²) in [5, 5.41) is 10.6. The van der Waals surface area contributed by atoms with Crippen molar-refractivity contribution >= 4 is 115 Å². The third-order valence-electron chi connectivity index (χ3n) is 14.2. The molecule has 0 N–H and O–H groups in total. The second-order valence-corrected chi connectivity index (χ2v) is 27.1. The summed E-state index contributed by atoms with van der Waals surface area (Å²) >= 11 is 0. The van der Waals surface area contributed by atoms with Crippen LogP contribution in [-0.2, 0) is 0 Å².